The second-order valence-electron chi connectivity index (χ2n) is 3.86. The van der Waals surface area contributed by atoms with Crippen LogP contribution in [0.1, 0.15) is 11.3 Å². The molecule has 10 heteroatoms. The lowest BCUT2D eigenvalue weighted by molar-refractivity contribution is -0.142. The van der Waals surface area contributed by atoms with E-state index in [1.807, 2.05) is 0 Å². The van der Waals surface area contributed by atoms with Crippen molar-refractivity contribution in [3.63, 3.8) is 0 Å². The summed E-state index contributed by atoms with van der Waals surface area (Å²) in [5.41, 5.74) is 9.06. The maximum atomic E-state index is 13.0. The number of halogens is 3. The first-order valence-electron chi connectivity index (χ1n) is 5.50. The number of nitrogens with two attached hydrogens (primary N) is 2. The van der Waals surface area contributed by atoms with E-state index in [9.17, 15) is 13.2 Å². The second-order valence-corrected chi connectivity index (χ2v) is 3.86. The summed E-state index contributed by atoms with van der Waals surface area (Å²) >= 11 is 0. The Morgan fingerprint density at radius 3 is 2.81 bits per heavy atom. The zero-order chi connectivity index (χ0) is 15.6. The Bertz CT molecular complexity index is 743. The molecule has 7 nitrogen and oxygen atoms in total. The van der Waals surface area contributed by atoms with Gasteiger partial charge in [0.1, 0.15) is 23.0 Å². The molecule has 21 heavy (non-hydrogen) atoms. The van der Waals surface area contributed by atoms with E-state index < -0.39 is 24.4 Å². The maximum Gasteiger partial charge on any atom is 0.437 e. The van der Waals surface area contributed by atoms with Crippen LogP contribution in [0.3, 0.4) is 0 Å². The molecule has 0 spiro atoms. The molecule has 0 radical (unpaired) electrons. The smallest absolute Gasteiger partial charge is 0.437 e. The van der Waals surface area contributed by atoms with Crippen molar-refractivity contribution < 1.29 is 17.9 Å². The van der Waals surface area contributed by atoms with E-state index >= 15 is 0 Å². The molecule has 0 saturated heterocycles. The number of alkyl halides is 3. The number of nitrogen functional groups attached to an aromatic ring is 1. The quantitative estimate of drug-likeness (QED) is 0.582. The van der Waals surface area contributed by atoms with Gasteiger partial charge in [-0.3, -0.25) is 0 Å². The number of nitrogens with zero attached hydrogens (tertiary/aromatic N) is 3. The Kier molecular flexibility index (Phi) is 3.58. The number of pyridine rings is 1. The van der Waals surface area contributed by atoms with Crippen LogP contribution in [0.5, 0.6) is 5.75 Å². The zero-order valence-electron chi connectivity index (χ0n) is 10.4. The number of aromatic amines is 1. The number of hydrogen-bond acceptors (Lipinski definition) is 5. The van der Waals surface area contributed by atoms with Gasteiger partial charge < -0.3 is 21.2 Å². The third kappa shape index (κ3) is 2.66. The molecule has 110 valence electrons. The van der Waals surface area contributed by atoms with Crippen LogP contribution in [0, 0.1) is 11.3 Å². The molecular weight excluding hydrogens is 289 g/mol. The summed E-state index contributed by atoms with van der Waals surface area (Å²) in [5.74, 6) is -0.600. The average molecular weight is 298 g/mol. The molecule has 0 aliphatic carbocycles. The molecule has 0 aliphatic rings. The fraction of sp³-hybridized carbons (Fsp3) is 0.182. The lowest BCUT2D eigenvalue weighted by Gasteiger charge is -2.11. The van der Waals surface area contributed by atoms with Gasteiger partial charge in [0, 0.05) is 6.07 Å². The number of nitriles is 1. The van der Waals surface area contributed by atoms with Gasteiger partial charge in [-0.1, -0.05) is 0 Å². The molecule has 2 aromatic heterocycles. The van der Waals surface area contributed by atoms with E-state index in [1.54, 1.807) is 6.07 Å². The van der Waals surface area contributed by atoms with Gasteiger partial charge in [-0.25, -0.2) is 9.98 Å². The Labute approximate surface area is 116 Å². The lowest BCUT2D eigenvalue weighted by Crippen LogP contribution is -2.12. The van der Waals surface area contributed by atoms with Crippen LogP contribution in [0.2, 0.25) is 0 Å². The summed E-state index contributed by atoms with van der Waals surface area (Å²) in [6.07, 6.45) is -3.85. The average Bonchev–Trinajstić information content (AvgIpc) is 2.71. The van der Waals surface area contributed by atoms with Crippen molar-refractivity contribution in [2.24, 2.45) is 10.7 Å². The number of rotatable bonds is 3. The second kappa shape index (κ2) is 5.20. The first kappa shape index (κ1) is 14.4. The molecule has 0 aromatic carbocycles. The van der Waals surface area contributed by atoms with Crippen LogP contribution in [0.4, 0.5) is 19.0 Å². The van der Waals surface area contributed by atoms with Crippen molar-refractivity contribution in [3.8, 4) is 11.8 Å². The minimum absolute atomic E-state index is 0.0646. The molecule has 2 heterocycles. The van der Waals surface area contributed by atoms with Crippen LogP contribution >= 0.6 is 0 Å². The van der Waals surface area contributed by atoms with Crippen LogP contribution in [0.15, 0.2) is 11.1 Å². The molecule has 0 bridgehead atoms. The highest BCUT2D eigenvalue weighted by Gasteiger charge is 2.37. The van der Waals surface area contributed by atoms with Crippen LogP contribution in [-0.4, -0.2) is 23.0 Å². The number of aliphatic imine (C=N–C) groups is 1. The van der Waals surface area contributed by atoms with Gasteiger partial charge in [0.15, 0.2) is 18.2 Å². The number of nitrogens with one attached hydrogen (secondary N) is 1. The lowest BCUT2D eigenvalue weighted by atomic mass is 10.2. The van der Waals surface area contributed by atoms with Crippen molar-refractivity contribution in [3.05, 3.63) is 17.3 Å². The fourth-order valence-corrected chi connectivity index (χ4v) is 1.69. The molecule has 0 amide bonds. The van der Waals surface area contributed by atoms with Crippen LogP contribution in [0.25, 0.3) is 11.0 Å². The van der Waals surface area contributed by atoms with E-state index in [4.69, 9.17) is 21.5 Å². The molecule has 0 aliphatic heterocycles. The summed E-state index contributed by atoms with van der Waals surface area (Å²) in [6, 6.07) is 2.77. The highest BCUT2D eigenvalue weighted by atomic mass is 19.4. The van der Waals surface area contributed by atoms with E-state index in [0.717, 1.165) is 12.4 Å². The highest BCUT2D eigenvalue weighted by molar-refractivity contribution is 5.88. The monoisotopic (exact) mass is 298 g/mol. The van der Waals surface area contributed by atoms with Crippen molar-refractivity contribution in [2.45, 2.75) is 6.18 Å². The number of anilines is 1. The van der Waals surface area contributed by atoms with Crippen LogP contribution in [-0.2, 0) is 6.18 Å². The molecule has 2 aromatic rings. The topological polar surface area (TPSA) is 126 Å². The number of ether oxygens (including phenoxy) is 1. The van der Waals surface area contributed by atoms with Gasteiger partial charge in [0.2, 0.25) is 0 Å². The summed E-state index contributed by atoms with van der Waals surface area (Å²) in [7, 11) is 0. The van der Waals surface area contributed by atoms with Crippen molar-refractivity contribution in [2.75, 3.05) is 12.5 Å². The number of H-pyrrole nitrogens is 1. The van der Waals surface area contributed by atoms with Gasteiger partial charge in [0.25, 0.3) is 0 Å². The van der Waals surface area contributed by atoms with Gasteiger partial charge >= 0.3 is 6.18 Å². The third-order valence-electron chi connectivity index (χ3n) is 2.54. The van der Waals surface area contributed by atoms with E-state index in [-0.39, 0.29) is 22.4 Å². The molecule has 0 fully saturated rings. The summed E-state index contributed by atoms with van der Waals surface area (Å²) in [5, 5.41) is 8.91. The van der Waals surface area contributed by atoms with E-state index in [0.29, 0.717) is 0 Å². The maximum absolute atomic E-state index is 13.0. The Hall–Kier alpha value is -2.96. The Balaban J connectivity index is 2.64. The van der Waals surface area contributed by atoms with Crippen molar-refractivity contribution >= 4 is 23.2 Å². The molecule has 2 rings (SSSR count). The summed E-state index contributed by atoms with van der Waals surface area (Å²) < 4.78 is 43.9. The zero-order valence-corrected chi connectivity index (χ0v) is 10.4. The summed E-state index contributed by atoms with van der Waals surface area (Å²) in [6.45, 7) is -0.395. The van der Waals surface area contributed by atoms with Gasteiger partial charge in [-0.15, -0.1) is 0 Å². The Morgan fingerprint density at radius 1 is 1.52 bits per heavy atom. The largest absolute Gasteiger partial charge is 0.469 e. The molecule has 0 saturated carbocycles. The van der Waals surface area contributed by atoms with Crippen LogP contribution < -0.4 is 16.2 Å². The molecule has 0 unspecified atom stereocenters. The standard InChI is InChI=1S/C11H9F3N6O/c12-11(13,14)9-7(21-4-18-3-16)1-6-8(20-9)5(2-15)10(17)19-6/h1,3,19H,4,17H2,(H2,16,18). The first-order valence-corrected chi connectivity index (χ1v) is 5.50. The highest BCUT2D eigenvalue weighted by Crippen LogP contribution is 2.37. The van der Waals surface area contributed by atoms with Crippen molar-refractivity contribution in [1.29, 1.82) is 5.26 Å². The number of aromatic nitrogens is 2. The minimum Gasteiger partial charge on any atom is -0.469 e. The Morgan fingerprint density at radius 2 is 2.24 bits per heavy atom. The fourth-order valence-electron chi connectivity index (χ4n) is 1.69. The molecule has 5 N–H and O–H groups in total. The minimum atomic E-state index is -4.76. The number of fused-ring (bicyclic) bond motifs is 1. The third-order valence-corrected chi connectivity index (χ3v) is 2.54. The molecule has 0 atom stereocenters. The summed E-state index contributed by atoms with van der Waals surface area (Å²) in [4.78, 5) is 9.48. The van der Waals surface area contributed by atoms with Gasteiger partial charge in [-0.2, -0.15) is 18.4 Å². The predicted octanol–water partition coefficient (Wildman–Crippen LogP) is 1.36. The van der Waals surface area contributed by atoms with Gasteiger partial charge in [-0.05, 0) is 0 Å². The normalized spacial score (nSPS) is 11.9. The molecular formula is C11H9F3N6O. The van der Waals surface area contributed by atoms with Crippen molar-refractivity contribution in [1.82, 2.24) is 9.97 Å². The van der Waals surface area contributed by atoms with E-state index in [2.05, 4.69) is 15.0 Å². The first-order chi connectivity index (χ1) is 9.88. The van der Waals surface area contributed by atoms with Gasteiger partial charge in [0.05, 0.1) is 11.9 Å². The van der Waals surface area contributed by atoms with E-state index in [1.165, 1.54) is 0 Å². The SMILES string of the molecule is N#Cc1c(N)[nH]c2cc(OCN=CN)c(C(F)(F)F)nc12. The predicted molar refractivity (Wildman–Crippen MR) is 68.4 cm³/mol. The number of hydrogen-bond donors (Lipinski definition) is 3.